The molecule has 0 unspecified atom stereocenters. The van der Waals surface area contributed by atoms with E-state index in [1.165, 1.54) is 5.56 Å². The molecule has 0 aliphatic heterocycles. The first-order valence-electron chi connectivity index (χ1n) is 10.2. The maximum atomic E-state index is 6.26. The van der Waals surface area contributed by atoms with Crippen LogP contribution in [-0.4, -0.2) is 36.9 Å². The van der Waals surface area contributed by atoms with E-state index in [-0.39, 0.29) is 24.5 Å². The van der Waals surface area contributed by atoms with Gasteiger partial charge in [0.15, 0.2) is 0 Å². The van der Waals surface area contributed by atoms with Crippen LogP contribution in [0.3, 0.4) is 0 Å². The number of hydrogen-bond donors (Lipinski definition) is 0. The van der Waals surface area contributed by atoms with E-state index in [0.29, 0.717) is 11.1 Å². The normalized spacial score (nSPS) is 12.2. The molecule has 2 heterocycles. The minimum atomic E-state index is 0. The maximum Gasteiger partial charge on any atom is 0.266 e. The van der Waals surface area contributed by atoms with Gasteiger partial charge in [-0.25, -0.2) is 4.68 Å². The Morgan fingerprint density at radius 1 is 1.10 bits per heavy atom. The van der Waals surface area contributed by atoms with Crippen molar-refractivity contribution in [1.82, 2.24) is 19.7 Å². The summed E-state index contributed by atoms with van der Waals surface area (Å²) in [6, 6.07) is 10.3. The van der Waals surface area contributed by atoms with Crippen molar-refractivity contribution >= 4 is 41.4 Å². The van der Waals surface area contributed by atoms with Crippen LogP contribution in [0.1, 0.15) is 39.0 Å². The largest absolute Gasteiger partial charge is 0.410 e. The Bertz CT molecular complexity index is 1070. The first-order chi connectivity index (χ1) is 14.4. The second-order valence-electron chi connectivity index (χ2n) is 8.01. The molecule has 4 rings (SSSR count). The summed E-state index contributed by atoms with van der Waals surface area (Å²) in [5, 5.41) is 6.02. The summed E-state index contributed by atoms with van der Waals surface area (Å²) in [7, 11) is 0. The first kappa shape index (κ1) is 23.5. The number of rotatable bonds is 4. The van der Waals surface area contributed by atoms with E-state index in [2.05, 4.69) is 37.6 Å². The molecular formula is C23H26Cl2N4OS. The highest BCUT2D eigenvalue weighted by Gasteiger charge is 2.29. The molecule has 1 aliphatic rings. The fourth-order valence-electron chi connectivity index (χ4n) is 4.12. The molecule has 0 saturated heterocycles. The van der Waals surface area contributed by atoms with Gasteiger partial charge in [0.2, 0.25) is 5.88 Å². The number of pyridine rings is 1. The number of ether oxygens (including phenoxy) is 1. The van der Waals surface area contributed by atoms with Crippen LogP contribution in [0.15, 0.2) is 42.7 Å². The average Bonchev–Trinajstić information content (AvgIpc) is 3.06. The Hall–Kier alpha value is -2.15. The number of nitrogens with zero attached hydrogens (tertiary/aromatic N) is 4. The summed E-state index contributed by atoms with van der Waals surface area (Å²) in [6.45, 7) is 8.44. The van der Waals surface area contributed by atoms with Crippen LogP contribution in [0.2, 0.25) is 5.02 Å². The summed E-state index contributed by atoms with van der Waals surface area (Å²) in [6.07, 6.45) is 5.27. The van der Waals surface area contributed by atoms with Gasteiger partial charge < -0.3 is 9.64 Å². The number of fused-ring (bicyclic) bond motifs is 3. The zero-order valence-electron chi connectivity index (χ0n) is 18.0. The van der Waals surface area contributed by atoms with Crippen molar-refractivity contribution in [2.45, 2.75) is 52.6 Å². The smallest absolute Gasteiger partial charge is 0.266 e. The SMILES string of the molecule is CC(C)N(C(=S)Oc1nn(-c2ccncc2)c2c1-c1ccc(Cl)cc1CC2)C(C)C.Cl. The Morgan fingerprint density at radius 3 is 2.42 bits per heavy atom. The Morgan fingerprint density at radius 2 is 1.77 bits per heavy atom. The van der Waals surface area contributed by atoms with Gasteiger partial charge in [-0.05, 0) is 88.1 Å². The summed E-state index contributed by atoms with van der Waals surface area (Å²) >= 11 is 11.9. The van der Waals surface area contributed by atoms with Crippen LogP contribution >= 0.6 is 36.2 Å². The number of hydrogen-bond acceptors (Lipinski definition) is 4. The van der Waals surface area contributed by atoms with Crippen LogP contribution in [0.25, 0.3) is 16.8 Å². The minimum absolute atomic E-state index is 0. The van der Waals surface area contributed by atoms with E-state index in [4.69, 9.17) is 33.7 Å². The molecule has 3 aromatic rings. The fraction of sp³-hybridized carbons (Fsp3) is 0.348. The van der Waals surface area contributed by atoms with E-state index < -0.39 is 0 Å². The highest BCUT2D eigenvalue weighted by Crippen LogP contribution is 2.42. The molecule has 8 heteroatoms. The summed E-state index contributed by atoms with van der Waals surface area (Å²) < 4.78 is 8.21. The molecule has 1 aliphatic carbocycles. The number of halogens is 2. The lowest BCUT2D eigenvalue weighted by atomic mass is 9.89. The maximum absolute atomic E-state index is 6.26. The molecular weight excluding hydrogens is 451 g/mol. The van der Waals surface area contributed by atoms with Gasteiger partial charge in [-0.3, -0.25) is 4.98 Å². The van der Waals surface area contributed by atoms with Gasteiger partial charge in [-0.2, -0.15) is 0 Å². The topological polar surface area (TPSA) is 43.2 Å². The molecule has 5 nitrogen and oxygen atoms in total. The second kappa shape index (κ2) is 9.55. The van der Waals surface area contributed by atoms with Crippen molar-refractivity contribution in [1.29, 1.82) is 0 Å². The monoisotopic (exact) mass is 476 g/mol. The Balaban J connectivity index is 0.00000272. The van der Waals surface area contributed by atoms with Crippen molar-refractivity contribution < 1.29 is 4.74 Å². The molecule has 31 heavy (non-hydrogen) atoms. The number of thiocarbonyl (C=S) groups is 1. The zero-order chi connectivity index (χ0) is 21.4. The van der Waals surface area contributed by atoms with E-state index >= 15 is 0 Å². The van der Waals surface area contributed by atoms with Crippen LogP contribution < -0.4 is 4.74 Å². The van der Waals surface area contributed by atoms with E-state index in [0.717, 1.165) is 40.4 Å². The van der Waals surface area contributed by atoms with Gasteiger partial charge in [-0.15, -0.1) is 17.5 Å². The summed E-state index contributed by atoms with van der Waals surface area (Å²) in [4.78, 5) is 6.21. The summed E-state index contributed by atoms with van der Waals surface area (Å²) in [5.41, 5.74) is 5.34. The Kier molecular flexibility index (Phi) is 7.24. The molecule has 0 saturated carbocycles. The lowest BCUT2D eigenvalue weighted by Crippen LogP contribution is -2.43. The third-order valence-corrected chi connectivity index (χ3v) is 5.86. The van der Waals surface area contributed by atoms with Crippen LogP contribution in [0.4, 0.5) is 0 Å². The highest BCUT2D eigenvalue weighted by atomic mass is 35.5. The van der Waals surface area contributed by atoms with E-state index in [1.807, 2.05) is 35.0 Å². The predicted molar refractivity (Wildman–Crippen MR) is 132 cm³/mol. The van der Waals surface area contributed by atoms with Crippen molar-refractivity contribution in [3.05, 3.63) is 59.0 Å². The van der Waals surface area contributed by atoms with Crippen molar-refractivity contribution in [2.75, 3.05) is 0 Å². The molecule has 0 bridgehead atoms. The first-order valence-corrected chi connectivity index (χ1v) is 11.0. The lowest BCUT2D eigenvalue weighted by molar-refractivity contribution is 0.252. The number of benzene rings is 1. The fourth-order valence-corrected chi connectivity index (χ4v) is 4.82. The summed E-state index contributed by atoms with van der Waals surface area (Å²) in [5.74, 6) is 0.529. The van der Waals surface area contributed by atoms with Gasteiger partial charge >= 0.3 is 0 Å². The highest BCUT2D eigenvalue weighted by molar-refractivity contribution is 7.80. The van der Waals surface area contributed by atoms with Crippen molar-refractivity contribution in [3.63, 3.8) is 0 Å². The van der Waals surface area contributed by atoms with Crippen LogP contribution in [0, 0.1) is 0 Å². The van der Waals surface area contributed by atoms with Gasteiger partial charge in [0.25, 0.3) is 5.17 Å². The van der Waals surface area contributed by atoms with Gasteiger partial charge in [0.05, 0.1) is 16.9 Å². The standard InChI is InChI=1S/C23H25ClN4OS.ClH/c1-14(2)27(15(3)4)23(30)29-22-21-19-7-6-17(24)13-16(19)5-8-20(21)28(26-22)18-9-11-25-12-10-18;/h6-7,9-15H,5,8H2,1-4H3;1H. The minimum Gasteiger partial charge on any atom is -0.410 e. The van der Waals surface area contributed by atoms with Gasteiger partial charge in [-0.1, -0.05) is 17.7 Å². The van der Waals surface area contributed by atoms with Crippen LogP contribution in [-0.2, 0) is 12.8 Å². The molecule has 2 aromatic heterocycles. The number of aryl methyl sites for hydroxylation is 1. The molecule has 0 amide bonds. The van der Waals surface area contributed by atoms with Gasteiger partial charge in [0, 0.05) is 29.5 Å². The third-order valence-electron chi connectivity index (χ3n) is 5.33. The third kappa shape index (κ3) is 4.56. The molecule has 0 radical (unpaired) electrons. The predicted octanol–water partition coefficient (Wildman–Crippen LogP) is 5.89. The van der Waals surface area contributed by atoms with Crippen LogP contribution in [0.5, 0.6) is 5.88 Å². The average molecular weight is 477 g/mol. The van der Waals surface area contributed by atoms with E-state index in [1.54, 1.807) is 12.4 Å². The van der Waals surface area contributed by atoms with E-state index in [9.17, 15) is 0 Å². The molecule has 164 valence electrons. The molecule has 0 spiro atoms. The molecule has 0 N–H and O–H groups in total. The Labute approximate surface area is 199 Å². The molecule has 1 aromatic carbocycles. The lowest BCUT2D eigenvalue weighted by Gasteiger charge is -2.32. The molecule has 0 atom stereocenters. The zero-order valence-corrected chi connectivity index (χ0v) is 20.4. The quantitative estimate of drug-likeness (QED) is 0.439. The van der Waals surface area contributed by atoms with Crippen molar-refractivity contribution in [2.24, 2.45) is 0 Å². The number of aromatic nitrogens is 3. The second-order valence-corrected chi connectivity index (χ2v) is 8.79. The van der Waals surface area contributed by atoms with Crippen molar-refractivity contribution in [3.8, 4) is 22.7 Å². The van der Waals surface area contributed by atoms with Gasteiger partial charge in [0.1, 0.15) is 0 Å². The molecule has 0 fully saturated rings.